The van der Waals surface area contributed by atoms with Crippen molar-refractivity contribution in [2.24, 2.45) is 0 Å². The Kier molecular flexibility index (Phi) is 3.21. The second-order valence-electron chi connectivity index (χ2n) is 4.68. The van der Waals surface area contributed by atoms with E-state index in [4.69, 9.17) is 0 Å². The van der Waals surface area contributed by atoms with Gasteiger partial charge >= 0.3 is 0 Å². The molecule has 4 heteroatoms. The van der Waals surface area contributed by atoms with E-state index in [-0.39, 0.29) is 5.91 Å². The van der Waals surface area contributed by atoms with E-state index in [0.29, 0.717) is 6.42 Å². The topological polar surface area (TPSA) is 49.0 Å². The Morgan fingerprint density at radius 1 is 1.20 bits per heavy atom. The lowest BCUT2D eigenvalue weighted by molar-refractivity contribution is -0.117. The molecule has 0 atom stereocenters. The van der Waals surface area contributed by atoms with E-state index in [1.807, 2.05) is 48.7 Å². The minimum Gasteiger partial charge on any atom is -0.346 e. The van der Waals surface area contributed by atoms with Gasteiger partial charge in [-0.15, -0.1) is 0 Å². The van der Waals surface area contributed by atoms with Crippen LogP contribution >= 0.6 is 0 Å². The number of carbonyl (C=O) groups is 1. The van der Waals surface area contributed by atoms with Gasteiger partial charge in [0.15, 0.2) is 0 Å². The van der Waals surface area contributed by atoms with Gasteiger partial charge in [-0.05, 0) is 29.8 Å². The second-order valence-corrected chi connectivity index (χ2v) is 4.68. The van der Waals surface area contributed by atoms with E-state index in [0.717, 1.165) is 22.3 Å². The van der Waals surface area contributed by atoms with E-state index >= 15 is 0 Å². The summed E-state index contributed by atoms with van der Waals surface area (Å²) in [5, 5.41) is 1.00. The molecule has 0 aliphatic rings. The van der Waals surface area contributed by atoms with Crippen molar-refractivity contribution < 1.29 is 4.79 Å². The SMILES string of the molecule is CN(C(=O)Cc1c[nH]c2ncccc12)c1ccccc1. The van der Waals surface area contributed by atoms with E-state index in [2.05, 4.69) is 9.97 Å². The summed E-state index contributed by atoms with van der Waals surface area (Å²) in [5.74, 6) is 0.0564. The largest absolute Gasteiger partial charge is 0.346 e. The standard InChI is InChI=1S/C16H15N3O/c1-19(13-6-3-2-4-7-13)15(20)10-12-11-18-16-14(12)8-5-9-17-16/h2-9,11H,10H2,1H3,(H,17,18). The van der Waals surface area contributed by atoms with E-state index in [1.165, 1.54) is 0 Å². The number of aromatic amines is 1. The van der Waals surface area contributed by atoms with Crippen LogP contribution in [0.4, 0.5) is 5.69 Å². The van der Waals surface area contributed by atoms with Crippen molar-refractivity contribution in [3.8, 4) is 0 Å². The van der Waals surface area contributed by atoms with E-state index in [1.54, 1.807) is 18.1 Å². The molecule has 0 unspecified atom stereocenters. The number of pyridine rings is 1. The summed E-state index contributed by atoms with van der Waals surface area (Å²) in [4.78, 5) is 21.3. The first-order valence-electron chi connectivity index (χ1n) is 6.48. The van der Waals surface area contributed by atoms with Crippen molar-refractivity contribution in [3.63, 3.8) is 0 Å². The van der Waals surface area contributed by atoms with Gasteiger partial charge in [-0.2, -0.15) is 0 Å². The number of benzene rings is 1. The minimum atomic E-state index is 0.0564. The molecule has 3 aromatic rings. The summed E-state index contributed by atoms with van der Waals surface area (Å²) in [7, 11) is 1.80. The first kappa shape index (κ1) is 12.4. The van der Waals surface area contributed by atoms with Gasteiger partial charge in [0.2, 0.25) is 5.91 Å². The number of nitrogens with one attached hydrogen (secondary N) is 1. The Balaban J connectivity index is 1.82. The highest BCUT2D eigenvalue weighted by atomic mass is 16.2. The molecule has 20 heavy (non-hydrogen) atoms. The van der Waals surface area contributed by atoms with Gasteiger partial charge < -0.3 is 9.88 Å². The zero-order valence-corrected chi connectivity index (χ0v) is 11.2. The molecule has 1 amide bonds. The molecule has 0 radical (unpaired) electrons. The number of rotatable bonds is 3. The summed E-state index contributed by atoms with van der Waals surface area (Å²) < 4.78 is 0. The van der Waals surface area contributed by atoms with Crippen molar-refractivity contribution in [3.05, 3.63) is 60.4 Å². The molecule has 0 aliphatic heterocycles. The number of aromatic nitrogens is 2. The van der Waals surface area contributed by atoms with Crippen molar-refractivity contribution in [2.75, 3.05) is 11.9 Å². The third-order valence-electron chi connectivity index (χ3n) is 3.40. The monoisotopic (exact) mass is 265 g/mol. The third-order valence-corrected chi connectivity index (χ3v) is 3.40. The first-order valence-corrected chi connectivity index (χ1v) is 6.48. The van der Waals surface area contributed by atoms with Crippen LogP contribution in [0.2, 0.25) is 0 Å². The molecule has 2 aromatic heterocycles. The molecule has 2 heterocycles. The Labute approximate surface area is 117 Å². The van der Waals surface area contributed by atoms with E-state index in [9.17, 15) is 4.79 Å². The molecule has 0 saturated heterocycles. The zero-order chi connectivity index (χ0) is 13.9. The lowest BCUT2D eigenvalue weighted by Crippen LogP contribution is -2.27. The van der Waals surface area contributed by atoms with Crippen LogP contribution in [0.3, 0.4) is 0 Å². The van der Waals surface area contributed by atoms with Crippen LogP contribution in [0.15, 0.2) is 54.9 Å². The molecule has 0 bridgehead atoms. The van der Waals surface area contributed by atoms with Crippen LogP contribution in [-0.4, -0.2) is 22.9 Å². The molecule has 0 aliphatic carbocycles. The van der Waals surface area contributed by atoms with Crippen LogP contribution in [-0.2, 0) is 11.2 Å². The summed E-state index contributed by atoms with van der Waals surface area (Å²) in [6.45, 7) is 0. The highest BCUT2D eigenvalue weighted by Crippen LogP contribution is 2.18. The summed E-state index contributed by atoms with van der Waals surface area (Å²) >= 11 is 0. The Hall–Kier alpha value is -2.62. The zero-order valence-electron chi connectivity index (χ0n) is 11.2. The second kappa shape index (κ2) is 5.17. The van der Waals surface area contributed by atoms with Gasteiger partial charge in [-0.3, -0.25) is 4.79 Å². The Morgan fingerprint density at radius 2 is 2.00 bits per heavy atom. The third kappa shape index (κ3) is 2.28. The number of amides is 1. The number of likely N-dealkylation sites (N-methyl/N-ethyl adjacent to an activating group) is 1. The number of hydrogen-bond donors (Lipinski definition) is 1. The number of nitrogens with zero attached hydrogens (tertiary/aromatic N) is 2. The molecular weight excluding hydrogens is 250 g/mol. The predicted molar refractivity (Wildman–Crippen MR) is 79.6 cm³/mol. The average molecular weight is 265 g/mol. The predicted octanol–water partition coefficient (Wildman–Crippen LogP) is 2.77. The Bertz CT molecular complexity index is 734. The van der Waals surface area contributed by atoms with E-state index < -0.39 is 0 Å². The number of hydrogen-bond acceptors (Lipinski definition) is 2. The van der Waals surface area contributed by atoms with Crippen LogP contribution in [0.1, 0.15) is 5.56 Å². The summed E-state index contributed by atoms with van der Waals surface area (Å²) in [6, 6.07) is 13.5. The van der Waals surface area contributed by atoms with Gasteiger partial charge in [0, 0.05) is 30.5 Å². The van der Waals surface area contributed by atoms with Gasteiger partial charge in [0.25, 0.3) is 0 Å². The van der Waals surface area contributed by atoms with Crippen molar-refractivity contribution in [1.29, 1.82) is 0 Å². The maximum absolute atomic E-state index is 12.3. The minimum absolute atomic E-state index is 0.0564. The average Bonchev–Trinajstić information content (AvgIpc) is 2.91. The molecule has 1 aromatic carbocycles. The summed E-state index contributed by atoms with van der Waals surface area (Å²) in [5.41, 5.74) is 2.69. The number of H-pyrrole nitrogens is 1. The lowest BCUT2D eigenvalue weighted by Gasteiger charge is -2.16. The van der Waals surface area contributed by atoms with Gasteiger partial charge in [-0.25, -0.2) is 4.98 Å². The quantitative estimate of drug-likeness (QED) is 0.791. The van der Waals surface area contributed by atoms with Crippen LogP contribution in [0.5, 0.6) is 0 Å². The van der Waals surface area contributed by atoms with Gasteiger partial charge in [0.05, 0.1) is 6.42 Å². The van der Waals surface area contributed by atoms with Crippen molar-refractivity contribution in [1.82, 2.24) is 9.97 Å². The maximum Gasteiger partial charge on any atom is 0.231 e. The summed E-state index contributed by atoms with van der Waals surface area (Å²) in [6.07, 6.45) is 3.95. The lowest BCUT2D eigenvalue weighted by atomic mass is 10.1. The molecule has 1 N–H and O–H groups in total. The van der Waals surface area contributed by atoms with Crippen molar-refractivity contribution in [2.45, 2.75) is 6.42 Å². The number of carbonyl (C=O) groups excluding carboxylic acids is 1. The fourth-order valence-corrected chi connectivity index (χ4v) is 2.24. The number of anilines is 1. The fraction of sp³-hybridized carbons (Fsp3) is 0.125. The molecule has 0 saturated carbocycles. The molecule has 100 valence electrons. The number of para-hydroxylation sites is 1. The molecular formula is C16H15N3O. The fourth-order valence-electron chi connectivity index (χ4n) is 2.24. The van der Waals surface area contributed by atoms with Gasteiger partial charge in [-0.1, -0.05) is 18.2 Å². The molecule has 0 fully saturated rings. The van der Waals surface area contributed by atoms with Crippen LogP contribution < -0.4 is 4.90 Å². The molecule has 3 rings (SSSR count). The van der Waals surface area contributed by atoms with Crippen LogP contribution in [0.25, 0.3) is 11.0 Å². The number of fused-ring (bicyclic) bond motifs is 1. The smallest absolute Gasteiger partial charge is 0.231 e. The first-order chi connectivity index (χ1) is 9.75. The highest BCUT2D eigenvalue weighted by molar-refractivity contribution is 5.96. The van der Waals surface area contributed by atoms with Crippen molar-refractivity contribution >= 4 is 22.6 Å². The van der Waals surface area contributed by atoms with Gasteiger partial charge in [0.1, 0.15) is 5.65 Å². The highest BCUT2D eigenvalue weighted by Gasteiger charge is 2.14. The van der Waals surface area contributed by atoms with Crippen LogP contribution in [0, 0.1) is 0 Å². The normalized spacial score (nSPS) is 10.7. The molecule has 0 spiro atoms. The molecule has 4 nitrogen and oxygen atoms in total. The maximum atomic E-state index is 12.3. The Morgan fingerprint density at radius 3 is 2.80 bits per heavy atom.